The summed E-state index contributed by atoms with van der Waals surface area (Å²) < 4.78 is 0.364. The number of phenolic OH excluding ortho intramolecular Hbond substituents is 1. The molecule has 0 bridgehead atoms. The minimum absolute atomic E-state index is 0.109. The predicted octanol–water partition coefficient (Wildman–Crippen LogP) is 5.10. The molecule has 0 atom stereocenters. The SMILES string of the molecule is Cc1ccc(NC(=O)CN2C(=O)SC(=Cc3cc(Cl)c(O)c(Br)c3)C2=O)cc1C. The van der Waals surface area contributed by atoms with Crippen molar-refractivity contribution < 1.29 is 19.5 Å². The number of anilines is 1. The van der Waals surface area contributed by atoms with Crippen LogP contribution in [0.4, 0.5) is 10.5 Å². The highest BCUT2D eigenvalue weighted by molar-refractivity contribution is 9.10. The number of aromatic hydroxyl groups is 1. The normalized spacial score (nSPS) is 15.3. The van der Waals surface area contributed by atoms with Crippen LogP contribution in [0.3, 0.4) is 0 Å². The minimum Gasteiger partial charge on any atom is -0.505 e. The molecule has 6 nitrogen and oxygen atoms in total. The van der Waals surface area contributed by atoms with Crippen LogP contribution in [0.2, 0.25) is 5.02 Å². The van der Waals surface area contributed by atoms with E-state index in [1.54, 1.807) is 12.1 Å². The Labute approximate surface area is 185 Å². The Kier molecular flexibility index (Phi) is 6.36. The summed E-state index contributed by atoms with van der Waals surface area (Å²) in [5.74, 6) is -1.14. The number of hydrogen-bond acceptors (Lipinski definition) is 5. The molecule has 1 saturated heterocycles. The van der Waals surface area contributed by atoms with Gasteiger partial charge in [-0.3, -0.25) is 19.3 Å². The molecular weight excluding hydrogens is 480 g/mol. The van der Waals surface area contributed by atoms with Crippen LogP contribution in [0, 0.1) is 13.8 Å². The number of thioether (sulfide) groups is 1. The van der Waals surface area contributed by atoms with Crippen LogP contribution in [-0.4, -0.2) is 33.6 Å². The summed E-state index contributed by atoms with van der Waals surface area (Å²) in [6.45, 7) is 3.52. The summed E-state index contributed by atoms with van der Waals surface area (Å²) in [6.07, 6.45) is 1.49. The Morgan fingerprint density at radius 2 is 1.97 bits per heavy atom. The minimum atomic E-state index is -0.560. The molecule has 0 aromatic heterocycles. The van der Waals surface area contributed by atoms with Crippen molar-refractivity contribution in [1.29, 1.82) is 0 Å². The standard InChI is InChI=1S/C20H16BrClN2O4S/c1-10-3-4-13(5-11(10)2)23-17(25)9-24-19(27)16(29-20(24)28)8-12-6-14(21)18(26)15(22)7-12/h3-8,26H,9H2,1-2H3,(H,23,25). The number of phenols is 1. The van der Waals surface area contributed by atoms with E-state index in [0.29, 0.717) is 15.7 Å². The largest absolute Gasteiger partial charge is 0.505 e. The van der Waals surface area contributed by atoms with E-state index >= 15 is 0 Å². The number of halogens is 2. The summed E-state index contributed by atoms with van der Waals surface area (Å²) in [6, 6.07) is 8.52. The highest BCUT2D eigenvalue weighted by Gasteiger charge is 2.36. The van der Waals surface area contributed by atoms with Gasteiger partial charge in [-0.2, -0.15) is 0 Å². The second-order valence-electron chi connectivity index (χ2n) is 6.45. The molecule has 2 N–H and O–H groups in total. The number of carbonyl (C=O) groups excluding carboxylic acids is 3. The fraction of sp³-hybridized carbons (Fsp3) is 0.150. The van der Waals surface area contributed by atoms with E-state index in [1.807, 2.05) is 26.0 Å². The summed E-state index contributed by atoms with van der Waals surface area (Å²) >= 11 is 9.85. The Bertz CT molecular complexity index is 1050. The average molecular weight is 496 g/mol. The first-order valence-corrected chi connectivity index (χ1v) is 10.4. The topological polar surface area (TPSA) is 86.7 Å². The first-order chi connectivity index (χ1) is 13.7. The van der Waals surface area contributed by atoms with Gasteiger partial charge in [0.05, 0.1) is 14.4 Å². The summed E-state index contributed by atoms with van der Waals surface area (Å²) in [5, 5.41) is 12.0. The number of hydrogen-bond donors (Lipinski definition) is 2. The Morgan fingerprint density at radius 1 is 1.24 bits per heavy atom. The van der Waals surface area contributed by atoms with Crippen LogP contribution in [0.1, 0.15) is 16.7 Å². The molecule has 0 aliphatic carbocycles. The number of aryl methyl sites for hydroxylation is 2. The lowest BCUT2D eigenvalue weighted by Crippen LogP contribution is -2.36. The number of nitrogens with zero attached hydrogens (tertiary/aromatic N) is 1. The second-order valence-corrected chi connectivity index (χ2v) is 8.70. The van der Waals surface area contributed by atoms with E-state index in [4.69, 9.17) is 11.6 Å². The third-order valence-electron chi connectivity index (χ3n) is 4.30. The molecule has 0 spiro atoms. The molecule has 3 amide bonds. The van der Waals surface area contributed by atoms with Crippen molar-refractivity contribution in [3.63, 3.8) is 0 Å². The molecule has 150 valence electrons. The zero-order valence-corrected chi connectivity index (χ0v) is 18.6. The molecule has 0 saturated carbocycles. The van der Waals surface area contributed by atoms with Gasteiger partial charge >= 0.3 is 0 Å². The smallest absolute Gasteiger partial charge is 0.294 e. The highest BCUT2D eigenvalue weighted by atomic mass is 79.9. The van der Waals surface area contributed by atoms with Gasteiger partial charge < -0.3 is 10.4 Å². The van der Waals surface area contributed by atoms with Crippen LogP contribution < -0.4 is 5.32 Å². The molecule has 1 aliphatic rings. The molecule has 29 heavy (non-hydrogen) atoms. The van der Waals surface area contributed by atoms with Crippen molar-refractivity contribution in [2.75, 3.05) is 11.9 Å². The van der Waals surface area contributed by atoms with Gasteiger partial charge in [-0.05, 0) is 88.6 Å². The molecule has 1 aliphatic heterocycles. The Morgan fingerprint density at radius 3 is 2.62 bits per heavy atom. The van der Waals surface area contributed by atoms with Gasteiger partial charge in [0.1, 0.15) is 12.3 Å². The zero-order valence-electron chi connectivity index (χ0n) is 15.5. The van der Waals surface area contributed by atoms with Gasteiger partial charge in [0, 0.05) is 5.69 Å². The third-order valence-corrected chi connectivity index (χ3v) is 6.10. The molecule has 9 heteroatoms. The van der Waals surface area contributed by atoms with Gasteiger partial charge in [-0.25, -0.2) is 0 Å². The van der Waals surface area contributed by atoms with Crippen molar-refractivity contribution >= 4 is 68.1 Å². The van der Waals surface area contributed by atoms with E-state index in [0.717, 1.165) is 27.8 Å². The first-order valence-electron chi connectivity index (χ1n) is 8.46. The maximum absolute atomic E-state index is 12.6. The maximum atomic E-state index is 12.6. The van der Waals surface area contributed by atoms with Gasteiger partial charge in [0.25, 0.3) is 11.1 Å². The van der Waals surface area contributed by atoms with Crippen LogP contribution >= 0.6 is 39.3 Å². The van der Waals surface area contributed by atoms with Gasteiger partial charge in [0.15, 0.2) is 0 Å². The van der Waals surface area contributed by atoms with Crippen molar-refractivity contribution in [2.45, 2.75) is 13.8 Å². The van der Waals surface area contributed by atoms with Gasteiger partial charge in [-0.15, -0.1) is 0 Å². The van der Waals surface area contributed by atoms with E-state index in [2.05, 4.69) is 21.2 Å². The molecule has 3 rings (SSSR count). The quantitative estimate of drug-likeness (QED) is 0.576. The summed E-state index contributed by atoms with van der Waals surface area (Å²) in [4.78, 5) is 38.2. The predicted molar refractivity (Wildman–Crippen MR) is 118 cm³/mol. The number of carbonyl (C=O) groups is 3. The molecular formula is C20H16BrClN2O4S. The lowest BCUT2D eigenvalue weighted by Gasteiger charge is -2.13. The molecule has 2 aromatic carbocycles. The van der Waals surface area contributed by atoms with Crippen molar-refractivity contribution in [2.24, 2.45) is 0 Å². The van der Waals surface area contributed by atoms with Gasteiger partial charge in [-0.1, -0.05) is 17.7 Å². The molecule has 2 aromatic rings. The molecule has 0 radical (unpaired) electrons. The maximum Gasteiger partial charge on any atom is 0.294 e. The van der Waals surface area contributed by atoms with Crippen LogP contribution in [0.25, 0.3) is 6.08 Å². The summed E-state index contributed by atoms with van der Waals surface area (Å²) in [7, 11) is 0. The Balaban J connectivity index is 1.73. The lowest BCUT2D eigenvalue weighted by molar-refractivity contribution is -0.127. The monoisotopic (exact) mass is 494 g/mol. The van der Waals surface area contributed by atoms with Gasteiger partial charge in [0.2, 0.25) is 5.91 Å². The van der Waals surface area contributed by atoms with Crippen molar-refractivity contribution in [3.05, 3.63) is 61.4 Å². The molecule has 1 fully saturated rings. The highest BCUT2D eigenvalue weighted by Crippen LogP contribution is 2.36. The number of benzene rings is 2. The number of imide groups is 1. The lowest BCUT2D eigenvalue weighted by atomic mass is 10.1. The number of rotatable bonds is 4. The van der Waals surface area contributed by atoms with E-state index < -0.39 is 17.1 Å². The fourth-order valence-electron chi connectivity index (χ4n) is 2.62. The van der Waals surface area contributed by atoms with Crippen molar-refractivity contribution in [1.82, 2.24) is 4.90 Å². The zero-order chi connectivity index (χ0) is 21.3. The van der Waals surface area contributed by atoms with E-state index in [9.17, 15) is 19.5 Å². The van der Waals surface area contributed by atoms with Crippen molar-refractivity contribution in [3.8, 4) is 5.75 Å². The van der Waals surface area contributed by atoms with Crippen LogP contribution in [0.5, 0.6) is 5.75 Å². The van der Waals surface area contributed by atoms with Crippen LogP contribution in [-0.2, 0) is 9.59 Å². The Hall–Kier alpha value is -2.29. The third kappa shape index (κ3) is 4.83. The average Bonchev–Trinajstić information content (AvgIpc) is 2.90. The first kappa shape index (κ1) is 21.4. The van der Waals surface area contributed by atoms with E-state index in [-0.39, 0.29) is 22.2 Å². The molecule has 0 unspecified atom stereocenters. The summed E-state index contributed by atoms with van der Waals surface area (Å²) in [5.41, 5.74) is 3.25. The fourth-order valence-corrected chi connectivity index (χ4v) is 4.28. The van der Waals surface area contributed by atoms with E-state index in [1.165, 1.54) is 12.1 Å². The molecule has 1 heterocycles. The second kappa shape index (κ2) is 8.61. The number of amides is 3. The van der Waals surface area contributed by atoms with Crippen LogP contribution in [0.15, 0.2) is 39.7 Å². The number of nitrogens with one attached hydrogen (secondary N) is 1.